The molecule has 0 spiro atoms. The van der Waals surface area contributed by atoms with E-state index in [1.165, 1.54) is 12.1 Å². The van der Waals surface area contributed by atoms with Crippen LogP contribution in [0.2, 0.25) is 0 Å². The van der Waals surface area contributed by atoms with E-state index in [1.807, 2.05) is 6.92 Å². The molecule has 3 nitrogen and oxygen atoms in total. The monoisotopic (exact) mass is 392 g/mol. The molecule has 0 bridgehead atoms. The third-order valence-electron chi connectivity index (χ3n) is 4.93. The number of rotatable bonds is 8. The van der Waals surface area contributed by atoms with E-state index < -0.39 is 23.6 Å². The average molecular weight is 392 g/mol. The van der Waals surface area contributed by atoms with Crippen LogP contribution in [0.5, 0.6) is 5.75 Å². The number of hydrogen-bond acceptors (Lipinski definition) is 2. The number of halogens is 3. The van der Waals surface area contributed by atoms with E-state index in [9.17, 15) is 23.1 Å². The predicted octanol–water partition coefficient (Wildman–Crippen LogP) is 6.13. The zero-order chi connectivity index (χ0) is 20.3. The molecule has 2 aromatic carbocycles. The first-order chi connectivity index (χ1) is 13.3. The van der Waals surface area contributed by atoms with Crippen LogP contribution in [0.4, 0.5) is 13.2 Å². The fourth-order valence-electron chi connectivity index (χ4n) is 3.14. The van der Waals surface area contributed by atoms with E-state index in [0.29, 0.717) is 47.8 Å². The van der Waals surface area contributed by atoms with Crippen molar-refractivity contribution in [3.63, 3.8) is 0 Å². The number of aliphatic carboxylic acids is 1. The van der Waals surface area contributed by atoms with Gasteiger partial charge in [0, 0.05) is 0 Å². The average Bonchev–Trinajstić information content (AvgIpc) is 3.48. The first-order valence-electron chi connectivity index (χ1n) is 9.46. The molecule has 0 radical (unpaired) electrons. The molecule has 1 fully saturated rings. The molecule has 1 atom stereocenters. The molecule has 1 N–H and O–H groups in total. The molecule has 0 saturated heterocycles. The summed E-state index contributed by atoms with van der Waals surface area (Å²) in [5, 5.41) is 9.60. The minimum absolute atomic E-state index is 0.480. The normalized spacial score (nSPS) is 15.3. The van der Waals surface area contributed by atoms with Gasteiger partial charge in [-0.05, 0) is 66.1 Å². The number of benzene rings is 2. The Balaban J connectivity index is 1.96. The van der Waals surface area contributed by atoms with Gasteiger partial charge < -0.3 is 9.84 Å². The van der Waals surface area contributed by atoms with E-state index in [2.05, 4.69) is 0 Å². The van der Waals surface area contributed by atoms with Crippen molar-refractivity contribution in [1.29, 1.82) is 0 Å². The van der Waals surface area contributed by atoms with Crippen molar-refractivity contribution in [2.75, 3.05) is 6.61 Å². The Morgan fingerprint density at radius 1 is 1.14 bits per heavy atom. The van der Waals surface area contributed by atoms with Gasteiger partial charge >= 0.3 is 12.1 Å². The van der Waals surface area contributed by atoms with Gasteiger partial charge in [0.25, 0.3) is 0 Å². The van der Waals surface area contributed by atoms with Gasteiger partial charge in [0.2, 0.25) is 0 Å². The minimum Gasteiger partial charge on any atom is -0.493 e. The molecule has 6 heteroatoms. The smallest absolute Gasteiger partial charge is 0.416 e. The fraction of sp³-hybridized carbons (Fsp3) is 0.409. The Kier molecular flexibility index (Phi) is 5.96. The molecule has 3 rings (SSSR count). The lowest BCUT2D eigenvalue weighted by Gasteiger charge is -2.16. The first-order valence-corrected chi connectivity index (χ1v) is 9.46. The standard InChI is InChI=1S/C22H23F3O3/c1-2-3-20(21(26)27)17-10-16(11-19(12-17)28-13-14-4-5-14)15-6-8-18(9-7-15)22(23,24)25/h6-12,14,20H,2-5,13H2,1H3,(H,26,27)/t20-/m0/s1. The molecular weight excluding hydrogens is 369 g/mol. The Morgan fingerprint density at radius 3 is 2.36 bits per heavy atom. The van der Waals surface area contributed by atoms with Crippen molar-refractivity contribution in [2.45, 2.75) is 44.7 Å². The summed E-state index contributed by atoms with van der Waals surface area (Å²) in [7, 11) is 0. The summed E-state index contributed by atoms with van der Waals surface area (Å²) >= 11 is 0. The van der Waals surface area contributed by atoms with Gasteiger partial charge in [0.15, 0.2) is 0 Å². The third kappa shape index (κ3) is 5.06. The van der Waals surface area contributed by atoms with E-state index in [-0.39, 0.29) is 0 Å². The number of alkyl halides is 3. The topological polar surface area (TPSA) is 46.5 Å². The van der Waals surface area contributed by atoms with Crippen LogP contribution in [0.3, 0.4) is 0 Å². The number of carboxylic acid groups (broad SMARTS) is 1. The molecule has 0 unspecified atom stereocenters. The molecule has 0 aliphatic heterocycles. The van der Waals surface area contributed by atoms with Gasteiger partial charge in [-0.1, -0.05) is 31.5 Å². The molecule has 28 heavy (non-hydrogen) atoms. The lowest BCUT2D eigenvalue weighted by atomic mass is 9.91. The minimum atomic E-state index is -4.39. The molecule has 0 amide bonds. The van der Waals surface area contributed by atoms with Crippen LogP contribution in [-0.2, 0) is 11.0 Å². The molecule has 1 saturated carbocycles. The highest BCUT2D eigenvalue weighted by Gasteiger charge is 2.30. The fourth-order valence-corrected chi connectivity index (χ4v) is 3.14. The van der Waals surface area contributed by atoms with E-state index in [4.69, 9.17) is 4.74 Å². The zero-order valence-corrected chi connectivity index (χ0v) is 15.6. The van der Waals surface area contributed by atoms with Gasteiger partial charge in [-0.15, -0.1) is 0 Å². The Hall–Kier alpha value is -2.50. The van der Waals surface area contributed by atoms with Crippen LogP contribution < -0.4 is 4.74 Å². The van der Waals surface area contributed by atoms with E-state index >= 15 is 0 Å². The number of carboxylic acids is 1. The maximum Gasteiger partial charge on any atom is 0.416 e. The zero-order valence-electron chi connectivity index (χ0n) is 15.6. The summed E-state index contributed by atoms with van der Waals surface area (Å²) in [6.07, 6.45) is -0.958. The summed E-state index contributed by atoms with van der Waals surface area (Å²) in [5.41, 5.74) is 1.13. The number of carbonyl (C=O) groups is 1. The van der Waals surface area contributed by atoms with Crippen LogP contribution in [0.15, 0.2) is 42.5 Å². The van der Waals surface area contributed by atoms with Gasteiger partial charge in [0.05, 0.1) is 18.1 Å². The molecule has 150 valence electrons. The van der Waals surface area contributed by atoms with Crippen molar-refractivity contribution in [3.8, 4) is 16.9 Å². The van der Waals surface area contributed by atoms with E-state index in [0.717, 1.165) is 25.0 Å². The molecule has 0 heterocycles. The van der Waals surface area contributed by atoms with Crippen LogP contribution in [0, 0.1) is 5.92 Å². The van der Waals surface area contributed by atoms with Crippen molar-refractivity contribution in [3.05, 3.63) is 53.6 Å². The molecule has 0 aromatic heterocycles. The third-order valence-corrected chi connectivity index (χ3v) is 4.93. The van der Waals surface area contributed by atoms with Crippen LogP contribution >= 0.6 is 0 Å². The van der Waals surface area contributed by atoms with Gasteiger partial charge in [-0.3, -0.25) is 4.79 Å². The summed E-state index contributed by atoms with van der Waals surface area (Å²) in [5.74, 6) is -0.507. The SMILES string of the molecule is CCC[C@H](C(=O)O)c1cc(OCC2CC2)cc(-c2ccc(C(F)(F)F)cc2)c1. The molecule has 2 aromatic rings. The summed E-state index contributed by atoms with van der Waals surface area (Å²) < 4.78 is 44.3. The van der Waals surface area contributed by atoms with Crippen molar-refractivity contribution >= 4 is 5.97 Å². The summed E-state index contributed by atoms with van der Waals surface area (Å²) in [6, 6.07) is 10.1. The van der Waals surface area contributed by atoms with Crippen LogP contribution in [-0.4, -0.2) is 17.7 Å². The van der Waals surface area contributed by atoms with Crippen molar-refractivity contribution in [2.24, 2.45) is 5.92 Å². The summed E-state index contributed by atoms with van der Waals surface area (Å²) in [6.45, 7) is 2.49. The van der Waals surface area contributed by atoms with E-state index in [1.54, 1.807) is 18.2 Å². The quantitative estimate of drug-likeness (QED) is 0.588. The van der Waals surface area contributed by atoms with Gasteiger partial charge in [-0.25, -0.2) is 0 Å². The molecule has 1 aliphatic rings. The predicted molar refractivity (Wildman–Crippen MR) is 100 cm³/mol. The summed E-state index contributed by atoms with van der Waals surface area (Å²) in [4.78, 5) is 11.7. The van der Waals surface area contributed by atoms with Gasteiger partial charge in [-0.2, -0.15) is 13.2 Å². The highest BCUT2D eigenvalue weighted by molar-refractivity contribution is 5.78. The van der Waals surface area contributed by atoms with Crippen molar-refractivity contribution < 1.29 is 27.8 Å². The Bertz CT molecular complexity index is 824. The number of hydrogen-bond donors (Lipinski definition) is 1. The van der Waals surface area contributed by atoms with Crippen molar-refractivity contribution in [1.82, 2.24) is 0 Å². The Morgan fingerprint density at radius 2 is 1.82 bits per heavy atom. The first kappa shape index (κ1) is 20.2. The maximum atomic E-state index is 12.8. The second kappa shape index (κ2) is 8.25. The Labute approximate surface area is 162 Å². The number of ether oxygens (including phenoxy) is 1. The van der Waals surface area contributed by atoms with Gasteiger partial charge in [0.1, 0.15) is 5.75 Å². The largest absolute Gasteiger partial charge is 0.493 e. The second-order valence-electron chi connectivity index (χ2n) is 7.30. The lowest BCUT2D eigenvalue weighted by Crippen LogP contribution is -2.12. The lowest BCUT2D eigenvalue weighted by molar-refractivity contribution is -0.139. The maximum absolute atomic E-state index is 12.8. The molecule has 1 aliphatic carbocycles. The highest BCUT2D eigenvalue weighted by Crippen LogP contribution is 2.35. The van der Waals surface area contributed by atoms with Crippen LogP contribution in [0.1, 0.15) is 49.7 Å². The molecular formula is C22H23F3O3. The van der Waals surface area contributed by atoms with Crippen LogP contribution in [0.25, 0.3) is 11.1 Å². The second-order valence-corrected chi connectivity index (χ2v) is 7.30. The highest BCUT2D eigenvalue weighted by atomic mass is 19.4.